The molecule has 0 radical (unpaired) electrons. The van der Waals surface area contributed by atoms with Gasteiger partial charge in [0, 0.05) is 11.4 Å². The van der Waals surface area contributed by atoms with Gasteiger partial charge in [0.25, 0.3) is 0 Å². The summed E-state index contributed by atoms with van der Waals surface area (Å²) in [6.45, 7) is 6.89. The zero-order valence-corrected chi connectivity index (χ0v) is 21.0. The SMILES string of the molecule is CCCCCCCCCCc1cc(CCCC)cc(CCCCCCCCCC)n1. The molecule has 0 amide bonds. The molecule has 1 heterocycles. The van der Waals surface area contributed by atoms with Crippen molar-refractivity contribution in [1.29, 1.82) is 0 Å². The molecule has 0 spiro atoms. The quantitative estimate of drug-likeness (QED) is 0.182. The lowest BCUT2D eigenvalue weighted by atomic mass is 10.0. The minimum absolute atomic E-state index is 1.18. The molecule has 0 aliphatic rings. The lowest BCUT2D eigenvalue weighted by molar-refractivity contribution is 0.570. The third-order valence-electron chi connectivity index (χ3n) is 6.38. The first-order valence-electron chi connectivity index (χ1n) is 13.8. The maximum Gasteiger partial charge on any atom is 0.0409 e. The van der Waals surface area contributed by atoms with E-state index in [0.29, 0.717) is 0 Å². The van der Waals surface area contributed by atoms with E-state index in [9.17, 15) is 0 Å². The zero-order chi connectivity index (χ0) is 21.7. The fourth-order valence-corrected chi connectivity index (χ4v) is 4.38. The van der Waals surface area contributed by atoms with Crippen LogP contribution in [-0.4, -0.2) is 4.98 Å². The third kappa shape index (κ3) is 15.0. The number of pyridine rings is 1. The fourth-order valence-electron chi connectivity index (χ4n) is 4.38. The smallest absolute Gasteiger partial charge is 0.0409 e. The van der Waals surface area contributed by atoms with Crippen LogP contribution in [0.15, 0.2) is 12.1 Å². The van der Waals surface area contributed by atoms with Gasteiger partial charge in [-0.1, -0.05) is 117 Å². The minimum atomic E-state index is 1.18. The van der Waals surface area contributed by atoms with Crippen molar-refractivity contribution >= 4 is 0 Å². The van der Waals surface area contributed by atoms with E-state index in [4.69, 9.17) is 4.98 Å². The third-order valence-corrected chi connectivity index (χ3v) is 6.38. The number of nitrogens with zero attached hydrogens (tertiary/aromatic N) is 1. The Morgan fingerprint density at radius 2 is 0.800 bits per heavy atom. The molecule has 0 bridgehead atoms. The minimum Gasteiger partial charge on any atom is -0.258 e. The Labute approximate surface area is 189 Å². The first kappa shape index (κ1) is 27.2. The number of unbranched alkanes of at least 4 members (excludes halogenated alkanes) is 15. The van der Waals surface area contributed by atoms with Crippen LogP contribution in [0.25, 0.3) is 0 Å². The lowest BCUT2D eigenvalue weighted by Crippen LogP contribution is -2.00. The Balaban J connectivity index is 2.34. The van der Waals surface area contributed by atoms with Gasteiger partial charge >= 0.3 is 0 Å². The Morgan fingerprint density at radius 1 is 0.433 bits per heavy atom. The fraction of sp³-hybridized carbons (Fsp3) is 0.828. The summed E-state index contributed by atoms with van der Waals surface area (Å²) in [6.07, 6.45) is 28.5. The molecule has 0 aromatic carbocycles. The number of rotatable bonds is 21. The van der Waals surface area contributed by atoms with Crippen molar-refractivity contribution in [3.8, 4) is 0 Å². The van der Waals surface area contributed by atoms with Crippen molar-refractivity contribution in [3.63, 3.8) is 0 Å². The van der Waals surface area contributed by atoms with Crippen molar-refractivity contribution in [1.82, 2.24) is 4.98 Å². The summed E-state index contributed by atoms with van der Waals surface area (Å²) in [4.78, 5) is 5.06. The van der Waals surface area contributed by atoms with Gasteiger partial charge in [-0.25, -0.2) is 0 Å². The molecule has 0 saturated carbocycles. The van der Waals surface area contributed by atoms with E-state index >= 15 is 0 Å². The van der Waals surface area contributed by atoms with Crippen molar-refractivity contribution in [2.75, 3.05) is 0 Å². The predicted molar refractivity (Wildman–Crippen MR) is 135 cm³/mol. The monoisotopic (exact) mass is 415 g/mol. The normalized spacial score (nSPS) is 11.3. The van der Waals surface area contributed by atoms with Gasteiger partial charge in [0.05, 0.1) is 0 Å². The first-order chi connectivity index (χ1) is 14.8. The molecule has 0 aliphatic heterocycles. The number of hydrogen-bond acceptors (Lipinski definition) is 1. The predicted octanol–water partition coefficient (Wildman–Crippen LogP) is 9.79. The van der Waals surface area contributed by atoms with E-state index in [-0.39, 0.29) is 0 Å². The molecule has 174 valence electrons. The Hall–Kier alpha value is -0.850. The topological polar surface area (TPSA) is 12.9 Å². The van der Waals surface area contributed by atoms with Gasteiger partial charge in [0.15, 0.2) is 0 Å². The molecule has 1 rings (SSSR count). The largest absolute Gasteiger partial charge is 0.258 e. The second kappa shape index (κ2) is 20.1. The second-order valence-corrected chi connectivity index (χ2v) is 9.51. The van der Waals surface area contributed by atoms with Gasteiger partial charge in [-0.05, 0) is 56.2 Å². The molecule has 30 heavy (non-hydrogen) atoms. The molecule has 1 heteroatoms. The first-order valence-corrected chi connectivity index (χ1v) is 13.8. The van der Waals surface area contributed by atoms with Crippen LogP contribution in [0.2, 0.25) is 0 Å². The number of aryl methyl sites for hydroxylation is 3. The van der Waals surface area contributed by atoms with E-state index in [1.165, 1.54) is 152 Å². The van der Waals surface area contributed by atoms with Crippen molar-refractivity contribution in [2.24, 2.45) is 0 Å². The highest BCUT2D eigenvalue weighted by molar-refractivity contribution is 5.22. The molecule has 1 nitrogen and oxygen atoms in total. The van der Waals surface area contributed by atoms with Crippen LogP contribution in [0.1, 0.15) is 153 Å². The summed E-state index contributed by atoms with van der Waals surface area (Å²) in [5.41, 5.74) is 4.27. The summed E-state index contributed by atoms with van der Waals surface area (Å²) in [7, 11) is 0. The molecule has 0 unspecified atom stereocenters. The van der Waals surface area contributed by atoms with Gasteiger partial charge in [-0.15, -0.1) is 0 Å². The number of aromatic nitrogens is 1. The zero-order valence-electron chi connectivity index (χ0n) is 21.0. The molecule has 0 saturated heterocycles. The van der Waals surface area contributed by atoms with Crippen LogP contribution in [0.4, 0.5) is 0 Å². The van der Waals surface area contributed by atoms with Crippen LogP contribution in [0.3, 0.4) is 0 Å². The summed E-state index contributed by atoms with van der Waals surface area (Å²) in [5.74, 6) is 0. The van der Waals surface area contributed by atoms with Gasteiger partial charge in [-0.3, -0.25) is 4.98 Å². The van der Waals surface area contributed by atoms with Crippen molar-refractivity contribution < 1.29 is 0 Å². The summed E-state index contributed by atoms with van der Waals surface area (Å²) in [6, 6.07) is 4.82. The van der Waals surface area contributed by atoms with Gasteiger partial charge in [0.1, 0.15) is 0 Å². The van der Waals surface area contributed by atoms with Crippen LogP contribution in [-0.2, 0) is 19.3 Å². The van der Waals surface area contributed by atoms with E-state index in [2.05, 4.69) is 32.9 Å². The average molecular weight is 416 g/mol. The molecule has 0 aliphatic carbocycles. The highest BCUT2D eigenvalue weighted by Gasteiger charge is 2.04. The van der Waals surface area contributed by atoms with Crippen LogP contribution in [0, 0.1) is 0 Å². The molecular formula is C29H53N. The lowest BCUT2D eigenvalue weighted by Gasteiger charge is -2.10. The van der Waals surface area contributed by atoms with Gasteiger partial charge in [0.2, 0.25) is 0 Å². The van der Waals surface area contributed by atoms with Gasteiger partial charge in [-0.2, -0.15) is 0 Å². The van der Waals surface area contributed by atoms with Crippen LogP contribution >= 0.6 is 0 Å². The summed E-state index contributed by atoms with van der Waals surface area (Å²) >= 11 is 0. The molecule has 0 N–H and O–H groups in total. The highest BCUT2D eigenvalue weighted by atomic mass is 14.7. The van der Waals surface area contributed by atoms with Crippen LogP contribution in [0.5, 0.6) is 0 Å². The highest BCUT2D eigenvalue weighted by Crippen LogP contribution is 2.16. The molecule has 0 atom stereocenters. The van der Waals surface area contributed by atoms with Crippen LogP contribution < -0.4 is 0 Å². The van der Waals surface area contributed by atoms with E-state index in [1.54, 1.807) is 0 Å². The van der Waals surface area contributed by atoms with Crippen molar-refractivity contribution in [3.05, 3.63) is 29.1 Å². The van der Waals surface area contributed by atoms with E-state index < -0.39 is 0 Å². The molecule has 1 aromatic rings. The van der Waals surface area contributed by atoms with E-state index in [1.807, 2.05) is 0 Å². The Morgan fingerprint density at radius 3 is 1.20 bits per heavy atom. The molecular weight excluding hydrogens is 362 g/mol. The molecule has 1 aromatic heterocycles. The van der Waals surface area contributed by atoms with Crippen molar-refractivity contribution in [2.45, 2.75) is 156 Å². The maximum atomic E-state index is 5.06. The maximum absolute atomic E-state index is 5.06. The standard InChI is InChI=1S/C29H53N/c1-4-7-10-12-14-16-18-20-23-28-25-27(22-9-6-3)26-29(30-28)24-21-19-17-15-13-11-8-5-2/h25-26H,4-24H2,1-3H3. The molecule has 0 fully saturated rings. The average Bonchev–Trinajstić information content (AvgIpc) is 2.76. The Kier molecular flexibility index (Phi) is 18.2. The summed E-state index contributed by atoms with van der Waals surface area (Å²) in [5, 5.41) is 0. The second-order valence-electron chi connectivity index (χ2n) is 9.51. The number of hydrogen-bond donors (Lipinski definition) is 0. The van der Waals surface area contributed by atoms with Gasteiger partial charge < -0.3 is 0 Å². The van der Waals surface area contributed by atoms with E-state index in [0.717, 1.165) is 0 Å². The summed E-state index contributed by atoms with van der Waals surface area (Å²) < 4.78 is 0. The Bertz CT molecular complexity index is 455.